The molecule has 1 saturated carbocycles. The average molecular weight is 314 g/mol. The Labute approximate surface area is 133 Å². The van der Waals surface area contributed by atoms with Crippen molar-refractivity contribution in [1.29, 1.82) is 0 Å². The minimum absolute atomic E-state index is 0.121. The second kappa shape index (κ2) is 5.48. The molecule has 1 aromatic heterocycles. The molecule has 1 atom stereocenters. The van der Waals surface area contributed by atoms with Crippen LogP contribution in [0.4, 0.5) is 5.13 Å². The molecule has 22 heavy (non-hydrogen) atoms. The Morgan fingerprint density at radius 3 is 2.82 bits per heavy atom. The maximum absolute atomic E-state index is 12.4. The molecule has 1 aliphatic heterocycles. The van der Waals surface area contributed by atoms with Gasteiger partial charge in [0.2, 0.25) is 5.91 Å². The zero-order valence-electron chi connectivity index (χ0n) is 12.2. The van der Waals surface area contributed by atoms with E-state index in [9.17, 15) is 4.79 Å². The van der Waals surface area contributed by atoms with E-state index in [4.69, 9.17) is 4.74 Å². The van der Waals surface area contributed by atoms with Crippen LogP contribution in [0.3, 0.4) is 0 Å². The van der Waals surface area contributed by atoms with Crippen molar-refractivity contribution in [2.45, 2.75) is 19.3 Å². The van der Waals surface area contributed by atoms with Crippen molar-refractivity contribution in [1.82, 2.24) is 4.98 Å². The number of anilines is 1. The van der Waals surface area contributed by atoms with Gasteiger partial charge in [0.15, 0.2) is 5.13 Å². The average Bonchev–Trinajstić information content (AvgIpc) is 3.04. The van der Waals surface area contributed by atoms with E-state index in [0.717, 1.165) is 43.7 Å². The van der Waals surface area contributed by atoms with Gasteiger partial charge in [0.05, 0.1) is 5.69 Å². The highest BCUT2D eigenvalue weighted by Gasteiger charge is 2.58. The summed E-state index contributed by atoms with van der Waals surface area (Å²) >= 11 is 1.49. The van der Waals surface area contributed by atoms with E-state index in [1.54, 1.807) is 0 Å². The molecule has 5 heteroatoms. The molecule has 1 unspecified atom stereocenters. The molecular formula is C17H18N2O2S. The van der Waals surface area contributed by atoms with Gasteiger partial charge in [-0.1, -0.05) is 30.3 Å². The van der Waals surface area contributed by atoms with E-state index in [-0.39, 0.29) is 17.2 Å². The highest BCUT2D eigenvalue weighted by Crippen LogP contribution is 2.59. The molecule has 2 heterocycles. The van der Waals surface area contributed by atoms with E-state index >= 15 is 0 Å². The Morgan fingerprint density at radius 2 is 2.05 bits per heavy atom. The van der Waals surface area contributed by atoms with Crippen LogP contribution in [0.15, 0.2) is 35.7 Å². The minimum atomic E-state index is 0.121. The van der Waals surface area contributed by atoms with Gasteiger partial charge in [-0.05, 0) is 24.7 Å². The first-order valence-electron chi connectivity index (χ1n) is 7.66. The lowest BCUT2D eigenvalue weighted by molar-refractivity contribution is -0.118. The summed E-state index contributed by atoms with van der Waals surface area (Å²) in [4.78, 5) is 16.9. The van der Waals surface area contributed by atoms with Gasteiger partial charge >= 0.3 is 0 Å². The predicted molar refractivity (Wildman–Crippen MR) is 86.8 cm³/mol. The van der Waals surface area contributed by atoms with Crippen molar-refractivity contribution in [3.8, 4) is 11.3 Å². The molecule has 1 amide bonds. The first-order valence-corrected chi connectivity index (χ1v) is 8.54. The molecule has 2 aliphatic rings. The Balaban J connectivity index is 1.42. The van der Waals surface area contributed by atoms with Crippen LogP contribution in [0.25, 0.3) is 11.3 Å². The maximum atomic E-state index is 12.4. The summed E-state index contributed by atoms with van der Waals surface area (Å²) in [7, 11) is 0. The third kappa shape index (κ3) is 2.55. The molecule has 2 fully saturated rings. The summed E-state index contributed by atoms with van der Waals surface area (Å²) in [5, 5.41) is 5.67. The summed E-state index contributed by atoms with van der Waals surface area (Å²) in [5.74, 6) is 0.260. The van der Waals surface area contributed by atoms with Crippen LogP contribution < -0.4 is 5.32 Å². The first kappa shape index (κ1) is 13.9. The fraction of sp³-hybridized carbons (Fsp3) is 0.412. The van der Waals surface area contributed by atoms with Crippen LogP contribution in [-0.4, -0.2) is 24.1 Å². The number of hydrogen-bond donors (Lipinski definition) is 1. The van der Waals surface area contributed by atoms with Crippen LogP contribution in [-0.2, 0) is 9.53 Å². The zero-order chi connectivity index (χ0) is 15.0. The normalized spacial score (nSPS) is 22.5. The highest BCUT2D eigenvalue weighted by atomic mass is 32.1. The van der Waals surface area contributed by atoms with Crippen molar-refractivity contribution >= 4 is 22.4 Å². The monoisotopic (exact) mass is 314 g/mol. The third-order valence-corrected chi connectivity index (χ3v) is 5.56. The number of benzene rings is 1. The van der Waals surface area contributed by atoms with Crippen LogP contribution in [0, 0.1) is 11.3 Å². The summed E-state index contributed by atoms with van der Waals surface area (Å²) in [5.41, 5.74) is 2.20. The number of ether oxygens (including phenoxy) is 1. The van der Waals surface area contributed by atoms with Gasteiger partial charge in [0, 0.05) is 30.1 Å². The summed E-state index contributed by atoms with van der Waals surface area (Å²) < 4.78 is 5.40. The van der Waals surface area contributed by atoms with Crippen molar-refractivity contribution in [2.75, 3.05) is 18.5 Å². The molecule has 1 saturated heterocycles. The summed E-state index contributed by atoms with van der Waals surface area (Å²) in [6.07, 6.45) is 3.02. The Hall–Kier alpha value is -1.72. The molecule has 1 aliphatic carbocycles. The minimum Gasteiger partial charge on any atom is -0.381 e. The van der Waals surface area contributed by atoms with E-state index in [0.29, 0.717) is 5.13 Å². The van der Waals surface area contributed by atoms with Gasteiger partial charge < -0.3 is 10.1 Å². The van der Waals surface area contributed by atoms with Gasteiger partial charge in [-0.25, -0.2) is 4.98 Å². The number of nitrogens with zero attached hydrogens (tertiary/aromatic N) is 1. The lowest BCUT2D eigenvalue weighted by atomic mass is 9.94. The number of carbonyl (C=O) groups excluding carboxylic acids is 1. The number of nitrogens with one attached hydrogen (secondary N) is 1. The van der Waals surface area contributed by atoms with Gasteiger partial charge in [-0.3, -0.25) is 4.79 Å². The molecule has 4 rings (SSSR count). The number of rotatable bonds is 3. The molecule has 2 aromatic rings. The fourth-order valence-corrected chi connectivity index (χ4v) is 4.04. The molecular weight excluding hydrogens is 296 g/mol. The topological polar surface area (TPSA) is 51.2 Å². The summed E-state index contributed by atoms with van der Waals surface area (Å²) in [6.45, 7) is 1.58. The molecule has 1 spiro atoms. The lowest BCUT2D eigenvalue weighted by Gasteiger charge is -2.22. The van der Waals surface area contributed by atoms with E-state index in [2.05, 4.69) is 10.3 Å². The van der Waals surface area contributed by atoms with Crippen LogP contribution in [0.5, 0.6) is 0 Å². The number of thiazole rings is 1. The van der Waals surface area contributed by atoms with Gasteiger partial charge in [0.1, 0.15) is 0 Å². The van der Waals surface area contributed by atoms with Crippen LogP contribution in [0.1, 0.15) is 19.3 Å². The fourth-order valence-electron chi connectivity index (χ4n) is 3.31. The second-order valence-electron chi connectivity index (χ2n) is 6.12. The van der Waals surface area contributed by atoms with E-state index < -0.39 is 0 Å². The molecule has 114 valence electrons. The number of aromatic nitrogens is 1. The van der Waals surface area contributed by atoms with Crippen molar-refractivity contribution in [3.05, 3.63) is 35.7 Å². The van der Waals surface area contributed by atoms with E-state index in [1.807, 2.05) is 35.7 Å². The smallest absolute Gasteiger partial charge is 0.229 e. The van der Waals surface area contributed by atoms with Crippen LogP contribution in [0.2, 0.25) is 0 Å². The van der Waals surface area contributed by atoms with Gasteiger partial charge in [0.25, 0.3) is 0 Å². The Kier molecular flexibility index (Phi) is 3.47. The van der Waals surface area contributed by atoms with E-state index in [1.165, 1.54) is 11.3 Å². The second-order valence-corrected chi connectivity index (χ2v) is 6.98. The molecule has 1 N–H and O–H groups in total. The Morgan fingerprint density at radius 1 is 1.27 bits per heavy atom. The standard InChI is InChI=1S/C17H18N2O2S/c20-15(13-10-17(13)6-8-21-9-7-17)19-16-18-14(11-22-16)12-4-2-1-3-5-12/h1-5,11,13H,6-10H2,(H,18,19,20). The number of amides is 1. The largest absolute Gasteiger partial charge is 0.381 e. The third-order valence-electron chi connectivity index (χ3n) is 4.80. The summed E-state index contributed by atoms with van der Waals surface area (Å²) in [6, 6.07) is 10.0. The van der Waals surface area contributed by atoms with Gasteiger partial charge in [-0.2, -0.15) is 0 Å². The highest BCUT2D eigenvalue weighted by molar-refractivity contribution is 7.14. The Bertz CT molecular complexity index is 677. The first-order chi connectivity index (χ1) is 10.8. The van der Waals surface area contributed by atoms with Crippen molar-refractivity contribution < 1.29 is 9.53 Å². The van der Waals surface area contributed by atoms with Gasteiger partial charge in [-0.15, -0.1) is 11.3 Å². The molecule has 1 aromatic carbocycles. The van der Waals surface area contributed by atoms with Crippen molar-refractivity contribution in [3.63, 3.8) is 0 Å². The quantitative estimate of drug-likeness (QED) is 0.942. The zero-order valence-corrected chi connectivity index (χ0v) is 13.1. The number of hydrogen-bond acceptors (Lipinski definition) is 4. The maximum Gasteiger partial charge on any atom is 0.229 e. The molecule has 0 radical (unpaired) electrons. The number of carbonyl (C=O) groups is 1. The lowest BCUT2D eigenvalue weighted by Crippen LogP contribution is -2.24. The SMILES string of the molecule is O=C(Nc1nc(-c2ccccc2)cs1)C1CC12CCOCC2. The molecule has 0 bridgehead atoms. The molecule has 4 nitrogen and oxygen atoms in total. The van der Waals surface area contributed by atoms with Crippen molar-refractivity contribution in [2.24, 2.45) is 11.3 Å². The van der Waals surface area contributed by atoms with Crippen LogP contribution >= 0.6 is 11.3 Å². The predicted octanol–water partition coefficient (Wildman–Crippen LogP) is 3.57.